The molecule has 6 nitrogen and oxygen atoms in total. The van der Waals surface area contributed by atoms with Gasteiger partial charge in [0.15, 0.2) is 5.96 Å². The quantitative estimate of drug-likeness (QED) is 0.376. The van der Waals surface area contributed by atoms with Crippen LogP contribution in [0.1, 0.15) is 42.1 Å². The van der Waals surface area contributed by atoms with E-state index in [-0.39, 0.29) is 5.91 Å². The summed E-state index contributed by atoms with van der Waals surface area (Å²) in [5.74, 6) is 0.775. The summed E-state index contributed by atoms with van der Waals surface area (Å²) in [5, 5.41) is 9.48. The molecule has 1 fully saturated rings. The Morgan fingerprint density at radius 1 is 1.12 bits per heavy atom. The largest absolute Gasteiger partial charge is 0.357 e. The van der Waals surface area contributed by atoms with Crippen LogP contribution in [0.4, 0.5) is 0 Å². The molecule has 0 spiro atoms. The molecule has 0 aliphatic carbocycles. The summed E-state index contributed by atoms with van der Waals surface area (Å²) in [6.45, 7) is 10.3. The number of aryl methyl sites for hydroxylation is 1. The van der Waals surface area contributed by atoms with Crippen molar-refractivity contribution >= 4 is 11.9 Å². The Balaban J connectivity index is 1.68. The van der Waals surface area contributed by atoms with E-state index in [2.05, 4.69) is 32.8 Å². The molecule has 144 valence electrons. The normalized spacial score (nSPS) is 15.5. The molecule has 0 aromatic heterocycles. The van der Waals surface area contributed by atoms with Crippen molar-refractivity contribution in [1.29, 1.82) is 0 Å². The van der Waals surface area contributed by atoms with Gasteiger partial charge in [0.25, 0.3) is 5.91 Å². The van der Waals surface area contributed by atoms with E-state index in [4.69, 9.17) is 0 Å². The zero-order valence-electron chi connectivity index (χ0n) is 16.2. The standard InChI is InChI=1S/C20H33N5O/c1-3-21-20(24-12-15-25-13-5-4-6-14-25)23-11-10-22-19(26)18-9-7-8-17(2)16-18/h7-9,16H,3-6,10-15H2,1-2H3,(H,22,26)(H2,21,23,24). The third kappa shape index (κ3) is 7.44. The molecule has 1 aromatic rings. The summed E-state index contributed by atoms with van der Waals surface area (Å²) < 4.78 is 0. The minimum Gasteiger partial charge on any atom is -0.357 e. The van der Waals surface area contributed by atoms with Gasteiger partial charge in [-0.05, 0) is 51.9 Å². The van der Waals surface area contributed by atoms with Gasteiger partial charge in [0.05, 0.1) is 6.54 Å². The number of hydrogen-bond acceptors (Lipinski definition) is 3. The van der Waals surface area contributed by atoms with Crippen molar-refractivity contribution in [2.45, 2.75) is 33.1 Å². The van der Waals surface area contributed by atoms with Crippen molar-refractivity contribution in [3.8, 4) is 0 Å². The lowest BCUT2D eigenvalue weighted by Crippen LogP contribution is -2.42. The number of nitrogens with one attached hydrogen (secondary N) is 3. The highest BCUT2D eigenvalue weighted by atomic mass is 16.1. The maximum absolute atomic E-state index is 12.1. The highest BCUT2D eigenvalue weighted by molar-refractivity contribution is 5.94. The molecule has 1 heterocycles. The fourth-order valence-corrected chi connectivity index (χ4v) is 3.07. The first-order valence-corrected chi connectivity index (χ1v) is 9.78. The van der Waals surface area contributed by atoms with Gasteiger partial charge in [0, 0.05) is 31.7 Å². The van der Waals surface area contributed by atoms with Crippen LogP contribution >= 0.6 is 0 Å². The van der Waals surface area contributed by atoms with Crippen LogP contribution < -0.4 is 16.0 Å². The van der Waals surface area contributed by atoms with Gasteiger partial charge in [0.2, 0.25) is 0 Å². The van der Waals surface area contributed by atoms with Crippen molar-refractivity contribution in [2.75, 3.05) is 45.8 Å². The molecular weight excluding hydrogens is 326 g/mol. The zero-order valence-corrected chi connectivity index (χ0v) is 16.2. The molecule has 0 radical (unpaired) electrons. The zero-order chi connectivity index (χ0) is 18.6. The number of hydrogen-bond donors (Lipinski definition) is 3. The van der Waals surface area contributed by atoms with E-state index in [0.717, 1.165) is 31.2 Å². The molecule has 2 rings (SSSR count). The Morgan fingerprint density at radius 2 is 1.88 bits per heavy atom. The van der Waals surface area contributed by atoms with Gasteiger partial charge >= 0.3 is 0 Å². The monoisotopic (exact) mass is 359 g/mol. The summed E-state index contributed by atoms with van der Waals surface area (Å²) in [4.78, 5) is 19.2. The number of aliphatic imine (C=N–C) groups is 1. The van der Waals surface area contributed by atoms with Gasteiger partial charge in [0.1, 0.15) is 0 Å². The number of rotatable bonds is 8. The topological polar surface area (TPSA) is 68.8 Å². The first-order chi connectivity index (χ1) is 12.7. The second-order valence-corrected chi connectivity index (χ2v) is 6.72. The van der Waals surface area contributed by atoms with Gasteiger partial charge in [-0.3, -0.25) is 9.79 Å². The van der Waals surface area contributed by atoms with Crippen LogP contribution in [0, 0.1) is 6.92 Å². The van der Waals surface area contributed by atoms with Crippen molar-refractivity contribution in [3.63, 3.8) is 0 Å². The van der Waals surface area contributed by atoms with E-state index >= 15 is 0 Å². The van der Waals surface area contributed by atoms with Gasteiger partial charge in [-0.15, -0.1) is 0 Å². The number of benzene rings is 1. The molecule has 0 atom stereocenters. The summed E-state index contributed by atoms with van der Waals surface area (Å²) in [6.07, 6.45) is 3.98. The molecule has 3 N–H and O–H groups in total. The number of piperidine rings is 1. The molecule has 0 unspecified atom stereocenters. The first-order valence-electron chi connectivity index (χ1n) is 9.78. The molecule has 0 bridgehead atoms. The van der Waals surface area contributed by atoms with Crippen molar-refractivity contribution in [3.05, 3.63) is 35.4 Å². The lowest BCUT2D eigenvalue weighted by atomic mass is 10.1. The van der Waals surface area contributed by atoms with E-state index in [0.29, 0.717) is 18.7 Å². The van der Waals surface area contributed by atoms with E-state index < -0.39 is 0 Å². The predicted molar refractivity (Wildman–Crippen MR) is 108 cm³/mol. The van der Waals surface area contributed by atoms with E-state index in [1.54, 1.807) is 0 Å². The van der Waals surface area contributed by atoms with Crippen LogP contribution in [0.5, 0.6) is 0 Å². The second kappa shape index (κ2) is 11.5. The Labute approximate surface area is 157 Å². The summed E-state index contributed by atoms with van der Waals surface area (Å²) in [7, 11) is 0. The fraction of sp³-hybridized carbons (Fsp3) is 0.600. The molecule has 1 saturated heterocycles. The number of likely N-dealkylation sites (tertiary alicyclic amines) is 1. The predicted octanol–water partition coefficient (Wildman–Crippen LogP) is 1.77. The van der Waals surface area contributed by atoms with Gasteiger partial charge in [-0.2, -0.15) is 0 Å². The Kier molecular flexibility index (Phi) is 8.96. The Bertz CT molecular complexity index is 581. The van der Waals surface area contributed by atoms with Crippen molar-refractivity contribution < 1.29 is 4.79 Å². The van der Waals surface area contributed by atoms with Crippen LogP contribution in [-0.2, 0) is 0 Å². The summed E-state index contributed by atoms with van der Waals surface area (Å²) >= 11 is 0. The van der Waals surface area contributed by atoms with Crippen LogP contribution in [0.15, 0.2) is 29.3 Å². The molecular formula is C20H33N5O. The second-order valence-electron chi connectivity index (χ2n) is 6.72. The smallest absolute Gasteiger partial charge is 0.251 e. The lowest BCUT2D eigenvalue weighted by molar-refractivity contribution is 0.0954. The highest BCUT2D eigenvalue weighted by Crippen LogP contribution is 2.07. The molecule has 0 saturated carbocycles. The maximum Gasteiger partial charge on any atom is 0.251 e. The molecule has 1 aliphatic heterocycles. The maximum atomic E-state index is 12.1. The van der Waals surface area contributed by atoms with Gasteiger partial charge in [-0.25, -0.2) is 0 Å². The Morgan fingerprint density at radius 3 is 2.62 bits per heavy atom. The van der Waals surface area contributed by atoms with Crippen molar-refractivity contribution in [1.82, 2.24) is 20.9 Å². The van der Waals surface area contributed by atoms with Crippen LogP contribution in [-0.4, -0.2) is 62.6 Å². The number of carbonyl (C=O) groups excluding carboxylic acids is 1. The van der Waals surface area contributed by atoms with Crippen LogP contribution in [0.25, 0.3) is 0 Å². The average Bonchev–Trinajstić information content (AvgIpc) is 2.66. The molecule has 1 amide bonds. The SMILES string of the molecule is CCNC(=NCCN1CCCCC1)NCCNC(=O)c1cccc(C)c1. The third-order valence-electron chi connectivity index (χ3n) is 4.46. The lowest BCUT2D eigenvalue weighted by Gasteiger charge is -2.25. The minimum atomic E-state index is -0.0393. The number of nitrogens with zero attached hydrogens (tertiary/aromatic N) is 2. The van der Waals surface area contributed by atoms with E-state index in [1.165, 1.54) is 32.4 Å². The van der Waals surface area contributed by atoms with Gasteiger partial charge in [-0.1, -0.05) is 24.1 Å². The molecule has 26 heavy (non-hydrogen) atoms. The third-order valence-corrected chi connectivity index (χ3v) is 4.46. The first kappa shape index (κ1) is 20.2. The minimum absolute atomic E-state index is 0.0393. The van der Waals surface area contributed by atoms with Crippen LogP contribution in [0.2, 0.25) is 0 Å². The van der Waals surface area contributed by atoms with Crippen molar-refractivity contribution in [2.24, 2.45) is 4.99 Å². The molecule has 1 aliphatic rings. The highest BCUT2D eigenvalue weighted by Gasteiger charge is 2.09. The Hall–Kier alpha value is -2.08. The van der Waals surface area contributed by atoms with E-state index in [1.807, 2.05) is 31.2 Å². The number of amides is 1. The average molecular weight is 360 g/mol. The van der Waals surface area contributed by atoms with E-state index in [9.17, 15) is 4.79 Å². The van der Waals surface area contributed by atoms with Crippen LogP contribution in [0.3, 0.4) is 0 Å². The number of guanidine groups is 1. The molecule has 1 aromatic carbocycles. The summed E-state index contributed by atoms with van der Waals surface area (Å²) in [6, 6.07) is 7.62. The fourth-order valence-electron chi connectivity index (χ4n) is 3.07. The summed E-state index contributed by atoms with van der Waals surface area (Å²) in [5.41, 5.74) is 1.79. The number of carbonyl (C=O) groups is 1. The van der Waals surface area contributed by atoms with Gasteiger partial charge < -0.3 is 20.9 Å². The molecule has 6 heteroatoms.